The molecule has 2 aliphatic rings. The Balaban J connectivity index is 1.20. The van der Waals surface area contributed by atoms with Crippen molar-refractivity contribution in [3.05, 3.63) is 70.8 Å². The van der Waals surface area contributed by atoms with Crippen LogP contribution in [0.2, 0.25) is 0 Å². The first kappa shape index (κ1) is 36.5. The van der Waals surface area contributed by atoms with Gasteiger partial charge in [0.1, 0.15) is 35.1 Å². The van der Waals surface area contributed by atoms with Crippen molar-refractivity contribution in [2.45, 2.75) is 77.5 Å². The highest BCUT2D eigenvalue weighted by Gasteiger charge is 2.38. The summed E-state index contributed by atoms with van der Waals surface area (Å²) in [6.45, 7) is 8.48. The molecule has 4 atom stereocenters. The number of carbonyl (C=O) groups excluding carboxylic acids is 3. The number of rotatable bonds is 8. The fourth-order valence-corrected chi connectivity index (χ4v) is 6.39. The molecule has 5 N–H and O–H groups in total. The van der Waals surface area contributed by atoms with Gasteiger partial charge in [-0.15, -0.1) is 0 Å². The van der Waals surface area contributed by atoms with E-state index in [4.69, 9.17) is 4.74 Å². The van der Waals surface area contributed by atoms with E-state index < -0.39 is 24.3 Å². The fourth-order valence-electron chi connectivity index (χ4n) is 6.39. The monoisotopic (exact) mass is 696 g/mol. The summed E-state index contributed by atoms with van der Waals surface area (Å²) < 4.78 is 4.71. The lowest BCUT2D eigenvalue weighted by Crippen LogP contribution is -2.51. The third-order valence-electron chi connectivity index (χ3n) is 9.07. The van der Waals surface area contributed by atoms with Crippen LogP contribution in [0.25, 0.3) is 0 Å². The lowest BCUT2D eigenvalue weighted by atomic mass is 10.0. The van der Waals surface area contributed by atoms with Gasteiger partial charge in [-0.1, -0.05) is 39.5 Å². The number of hydrogen-bond acceptors (Lipinski definition) is 7. The van der Waals surface area contributed by atoms with Crippen LogP contribution in [0.5, 0.6) is 0 Å². The van der Waals surface area contributed by atoms with Crippen LogP contribution >= 0.6 is 0 Å². The maximum absolute atomic E-state index is 13.4. The summed E-state index contributed by atoms with van der Waals surface area (Å²) in [6.07, 6.45) is 4.52. The molecule has 3 aromatic rings. The molecule has 0 unspecified atom stereocenters. The van der Waals surface area contributed by atoms with E-state index in [0.717, 1.165) is 36.8 Å². The number of carboxylic acid groups (broad SMARTS) is 1. The molecule has 0 radical (unpaired) electrons. The average molecular weight is 697 g/mol. The second-order valence-electron chi connectivity index (χ2n) is 13.3. The number of methoxy groups -OCH3 is 1. The summed E-state index contributed by atoms with van der Waals surface area (Å²) in [5.74, 6) is 13.0. The predicted octanol–water partition coefficient (Wildman–Crippen LogP) is 3.93. The standard InChI is InChI=1S/C37H44N8O6/c1-22(2)30(42-36(48)49)34(46)44-18-6-8-28(44)32-38-20-26(40-32)16-14-24-10-12-25(13-11-24)15-17-27-21-39-33(41-27)29-9-7-19-45(29)35(47)31(23(3)4)43-37(50)51-5/h10-13,20-23,28-31,42H,6-9,18-19H2,1-5H3,(H,38,40)(H,39,41)(H,43,50)(H,48,49)/t28-,29-,30-,31-/m0/s1. The van der Waals surface area contributed by atoms with Crippen molar-refractivity contribution >= 4 is 24.0 Å². The molecule has 2 aromatic heterocycles. The zero-order valence-corrected chi connectivity index (χ0v) is 29.4. The lowest BCUT2D eigenvalue weighted by molar-refractivity contribution is -0.136. The number of benzene rings is 1. The molecule has 4 amide bonds. The first-order chi connectivity index (χ1) is 24.4. The van der Waals surface area contributed by atoms with Gasteiger partial charge in [0.2, 0.25) is 11.8 Å². The number of alkyl carbamates (subject to hydrolysis) is 1. The predicted molar refractivity (Wildman–Crippen MR) is 187 cm³/mol. The Kier molecular flexibility index (Phi) is 11.7. The molecule has 2 aliphatic heterocycles. The molecular formula is C37H44N8O6. The number of nitrogens with one attached hydrogen (secondary N) is 4. The molecule has 0 bridgehead atoms. The van der Waals surface area contributed by atoms with Gasteiger partial charge >= 0.3 is 12.2 Å². The van der Waals surface area contributed by atoms with E-state index in [1.165, 1.54) is 7.11 Å². The van der Waals surface area contributed by atoms with E-state index in [1.54, 1.807) is 22.2 Å². The van der Waals surface area contributed by atoms with Gasteiger partial charge in [-0.2, -0.15) is 0 Å². The average Bonchev–Trinajstić information content (AvgIpc) is 3.93. The number of aromatic amines is 2. The number of carbonyl (C=O) groups is 4. The van der Waals surface area contributed by atoms with Crippen molar-refractivity contribution in [1.29, 1.82) is 0 Å². The molecule has 51 heavy (non-hydrogen) atoms. The van der Waals surface area contributed by atoms with Crippen molar-refractivity contribution in [2.75, 3.05) is 20.2 Å². The molecular weight excluding hydrogens is 652 g/mol. The number of nitrogens with zero attached hydrogens (tertiary/aromatic N) is 4. The minimum absolute atomic E-state index is 0.118. The zero-order valence-electron chi connectivity index (χ0n) is 29.4. The Hall–Kier alpha value is -5.76. The van der Waals surface area contributed by atoms with Gasteiger partial charge in [-0.3, -0.25) is 9.59 Å². The molecule has 4 heterocycles. The molecule has 5 rings (SSSR count). The van der Waals surface area contributed by atoms with Gasteiger partial charge < -0.3 is 40.2 Å². The van der Waals surface area contributed by atoms with Crippen LogP contribution in [0.15, 0.2) is 36.7 Å². The molecule has 2 saturated heterocycles. The number of aromatic nitrogens is 4. The second-order valence-corrected chi connectivity index (χ2v) is 13.3. The third-order valence-corrected chi connectivity index (χ3v) is 9.07. The maximum Gasteiger partial charge on any atom is 0.407 e. The van der Waals surface area contributed by atoms with Gasteiger partial charge in [0.25, 0.3) is 0 Å². The minimum Gasteiger partial charge on any atom is -0.465 e. The van der Waals surface area contributed by atoms with Crippen LogP contribution in [-0.4, -0.2) is 91.1 Å². The number of H-pyrrole nitrogens is 2. The van der Waals surface area contributed by atoms with Gasteiger partial charge in [0.15, 0.2) is 0 Å². The van der Waals surface area contributed by atoms with Crippen LogP contribution in [0.3, 0.4) is 0 Å². The molecule has 268 valence electrons. The van der Waals surface area contributed by atoms with E-state index in [9.17, 15) is 24.3 Å². The normalized spacial score (nSPS) is 18.0. The van der Waals surface area contributed by atoms with Crippen molar-refractivity contribution < 1.29 is 29.0 Å². The number of amides is 4. The number of ether oxygens (including phenoxy) is 1. The second kappa shape index (κ2) is 16.3. The van der Waals surface area contributed by atoms with Crippen molar-refractivity contribution in [2.24, 2.45) is 11.8 Å². The Morgan fingerprint density at radius 1 is 0.765 bits per heavy atom. The highest BCUT2D eigenvalue weighted by atomic mass is 16.5. The molecule has 0 spiro atoms. The van der Waals surface area contributed by atoms with Crippen LogP contribution in [-0.2, 0) is 14.3 Å². The van der Waals surface area contributed by atoms with E-state index in [0.29, 0.717) is 36.1 Å². The largest absolute Gasteiger partial charge is 0.465 e. The van der Waals surface area contributed by atoms with E-state index in [2.05, 4.69) is 54.3 Å². The van der Waals surface area contributed by atoms with Gasteiger partial charge in [-0.05, 0) is 73.6 Å². The summed E-state index contributed by atoms with van der Waals surface area (Å²) in [6, 6.07) is 5.46. The van der Waals surface area contributed by atoms with Crippen LogP contribution in [0.1, 0.15) is 99.6 Å². The topological polar surface area (TPSA) is 186 Å². The van der Waals surface area contributed by atoms with E-state index in [1.807, 2.05) is 52.0 Å². The van der Waals surface area contributed by atoms with Crippen LogP contribution in [0, 0.1) is 35.5 Å². The molecule has 0 aliphatic carbocycles. The first-order valence-electron chi connectivity index (χ1n) is 17.1. The molecule has 14 heteroatoms. The Labute approximate surface area is 297 Å². The van der Waals surface area contributed by atoms with Crippen molar-refractivity contribution in [3.8, 4) is 23.7 Å². The van der Waals surface area contributed by atoms with E-state index in [-0.39, 0.29) is 35.7 Å². The van der Waals surface area contributed by atoms with Gasteiger partial charge in [0, 0.05) is 24.2 Å². The zero-order chi connectivity index (χ0) is 36.7. The maximum atomic E-state index is 13.4. The van der Waals surface area contributed by atoms with Crippen LogP contribution in [0.4, 0.5) is 9.59 Å². The van der Waals surface area contributed by atoms with Gasteiger partial charge in [0.05, 0.1) is 31.6 Å². The molecule has 0 saturated carbocycles. The fraction of sp³-hybridized carbons (Fsp3) is 0.459. The molecule has 1 aromatic carbocycles. The number of likely N-dealkylation sites (tertiary alicyclic amines) is 2. The van der Waals surface area contributed by atoms with Crippen molar-refractivity contribution in [3.63, 3.8) is 0 Å². The lowest BCUT2D eigenvalue weighted by Gasteiger charge is -2.29. The summed E-state index contributed by atoms with van der Waals surface area (Å²) in [5.41, 5.74) is 2.80. The first-order valence-corrected chi connectivity index (χ1v) is 17.1. The highest BCUT2D eigenvalue weighted by molar-refractivity contribution is 5.87. The molecule has 2 fully saturated rings. The smallest absolute Gasteiger partial charge is 0.407 e. The SMILES string of the molecule is COC(=O)N[C@H](C(=O)N1CCC[C@H]1c1ncc(C#Cc2ccc(C#Cc3cnc([C@@H]4CCCN4C(=O)[C@@H](NC(=O)O)C(C)C)[nH]3)cc2)[nH]1)C(C)C. The molecule has 14 nitrogen and oxygen atoms in total. The highest BCUT2D eigenvalue weighted by Crippen LogP contribution is 2.32. The summed E-state index contributed by atoms with van der Waals surface area (Å²) >= 11 is 0. The third kappa shape index (κ3) is 8.89. The Bertz CT molecular complexity index is 1860. The number of imidazole rings is 2. The van der Waals surface area contributed by atoms with E-state index >= 15 is 0 Å². The van der Waals surface area contributed by atoms with Crippen LogP contribution < -0.4 is 10.6 Å². The Morgan fingerprint density at radius 2 is 1.20 bits per heavy atom. The summed E-state index contributed by atoms with van der Waals surface area (Å²) in [5, 5.41) is 14.2. The summed E-state index contributed by atoms with van der Waals surface area (Å²) in [7, 11) is 1.27. The minimum atomic E-state index is -1.23. The quantitative estimate of drug-likeness (QED) is 0.219. The Morgan fingerprint density at radius 3 is 1.59 bits per heavy atom. The van der Waals surface area contributed by atoms with Gasteiger partial charge in [-0.25, -0.2) is 19.6 Å². The summed E-state index contributed by atoms with van der Waals surface area (Å²) in [4.78, 5) is 68.7. The number of hydrogen-bond donors (Lipinski definition) is 5. The van der Waals surface area contributed by atoms with Crippen molar-refractivity contribution in [1.82, 2.24) is 40.4 Å².